The topological polar surface area (TPSA) is 110 Å². The second-order valence-electron chi connectivity index (χ2n) is 8.41. The van der Waals surface area contributed by atoms with Crippen molar-refractivity contribution in [1.29, 1.82) is 0 Å². The maximum atomic E-state index is 13.0. The standard InChI is InChI=1S/C24H27ClN6O4/c1-15-6-4-5-7-19(15)35-14-18(32)13-31-20-21(29(2)24(34)30(3)22(20)33)27-23(31)28-26-12-16-8-10-17(25)11-9-16/h4-12,18,20-21,32H,13-14H2,1-3H3,(H,27,28)/b26-12-. The summed E-state index contributed by atoms with van der Waals surface area (Å²) in [5.74, 6) is 0.528. The highest BCUT2D eigenvalue weighted by molar-refractivity contribution is 6.30. The Hall–Kier alpha value is -3.63. The van der Waals surface area contributed by atoms with E-state index in [1.165, 1.54) is 11.9 Å². The number of para-hydroxylation sites is 1. The van der Waals surface area contributed by atoms with Crippen molar-refractivity contribution in [1.82, 2.24) is 20.1 Å². The summed E-state index contributed by atoms with van der Waals surface area (Å²) in [7, 11) is 3.01. The average Bonchev–Trinajstić information content (AvgIpc) is 3.20. The fourth-order valence-electron chi connectivity index (χ4n) is 3.96. The molecule has 35 heavy (non-hydrogen) atoms. The molecule has 2 aliphatic heterocycles. The van der Waals surface area contributed by atoms with Gasteiger partial charge in [-0.25, -0.2) is 15.2 Å². The zero-order chi connectivity index (χ0) is 25.1. The second kappa shape index (κ2) is 10.3. The zero-order valence-electron chi connectivity index (χ0n) is 19.6. The van der Waals surface area contributed by atoms with Gasteiger partial charge in [-0.05, 0) is 36.2 Å². The largest absolute Gasteiger partial charge is 0.491 e. The number of β-amino-alcohol motifs (C(OH)–C–C–N with tert-alkyl or cyclic N) is 1. The number of halogens is 1. The lowest BCUT2D eigenvalue weighted by molar-refractivity contribution is -0.136. The first-order valence-corrected chi connectivity index (χ1v) is 11.4. The van der Waals surface area contributed by atoms with E-state index in [1.807, 2.05) is 31.2 Å². The van der Waals surface area contributed by atoms with E-state index in [0.717, 1.165) is 16.0 Å². The van der Waals surface area contributed by atoms with E-state index in [0.29, 0.717) is 10.8 Å². The number of carbonyl (C=O) groups is 2. The van der Waals surface area contributed by atoms with Crippen LogP contribution in [-0.4, -0.2) is 89.5 Å². The van der Waals surface area contributed by atoms with Crippen molar-refractivity contribution in [2.24, 2.45) is 10.1 Å². The van der Waals surface area contributed by atoms with Gasteiger partial charge in [0.25, 0.3) is 5.91 Å². The highest BCUT2D eigenvalue weighted by atomic mass is 35.5. The summed E-state index contributed by atoms with van der Waals surface area (Å²) < 4.78 is 5.78. The van der Waals surface area contributed by atoms with Gasteiger partial charge in [0.1, 0.15) is 18.5 Å². The van der Waals surface area contributed by atoms with E-state index < -0.39 is 30.2 Å². The Bertz CT molecular complexity index is 1150. The number of urea groups is 1. The van der Waals surface area contributed by atoms with Gasteiger partial charge in [0.2, 0.25) is 5.96 Å². The molecule has 0 radical (unpaired) electrons. The number of hydrogen-bond donors (Lipinski definition) is 2. The van der Waals surface area contributed by atoms with Crippen LogP contribution < -0.4 is 10.2 Å². The molecule has 2 aromatic carbocycles. The summed E-state index contributed by atoms with van der Waals surface area (Å²) in [6.07, 6.45) is -0.106. The highest BCUT2D eigenvalue weighted by Gasteiger charge is 2.51. The third-order valence-corrected chi connectivity index (χ3v) is 6.15. The molecule has 0 saturated carbocycles. The molecule has 1 saturated heterocycles. The molecule has 0 aromatic heterocycles. The number of imide groups is 1. The van der Waals surface area contributed by atoms with E-state index in [9.17, 15) is 14.7 Å². The number of guanidine groups is 1. The Balaban J connectivity index is 1.51. The van der Waals surface area contributed by atoms with Gasteiger partial charge in [-0.3, -0.25) is 9.69 Å². The number of aryl methyl sites for hydroxylation is 1. The van der Waals surface area contributed by atoms with Crippen molar-refractivity contribution in [3.63, 3.8) is 0 Å². The third-order valence-electron chi connectivity index (χ3n) is 5.89. The number of hydrazone groups is 1. The summed E-state index contributed by atoms with van der Waals surface area (Å²) in [5, 5.41) is 15.6. The fourth-order valence-corrected chi connectivity index (χ4v) is 4.08. The summed E-state index contributed by atoms with van der Waals surface area (Å²) >= 11 is 5.92. The van der Waals surface area contributed by atoms with Crippen LogP contribution in [0.5, 0.6) is 5.75 Å². The minimum Gasteiger partial charge on any atom is -0.491 e. The monoisotopic (exact) mass is 498 g/mol. The van der Waals surface area contributed by atoms with Crippen molar-refractivity contribution < 1.29 is 19.4 Å². The molecule has 0 bridgehead atoms. The van der Waals surface area contributed by atoms with Gasteiger partial charge in [-0.1, -0.05) is 41.9 Å². The van der Waals surface area contributed by atoms with Crippen molar-refractivity contribution >= 4 is 35.7 Å². The predicted molar refractivity (Wildman–Crippen MR) is 133 cm³/mol. The summed E-state index contributed by atoms with van der Waals surface area (Å²) in [6, 6.07) is 13.4. The number of aliphatic hydroxyl groups excluding tert-OH is 1. The van der Waals surface area contributed by atoms with Crippen molar-refractivity contribution in [3.05, 3.63) is 64.7 Å². The summed E-state index contributed by atoms with van der Waals surface area (Å²) in [5.41, 5.74) is 4.62. The molecule has 3 amide bonds. The van der Waals surface area contributed by atoms with E-state index >= 15 is 0 Å². The molecule has 4 rings (SSSR count). The maximum Gasteiger partial charge on any atom is 0.328 e. The summed E-state index contributed by atoms with van der Waals surface area (Å²) in [6.45, 7) is 1.97. The first-order chi connectivity index (χ1) is 16.8. The molecule has 3 atom stereocenters. The highest BCUT2D eigenvalue weighted by Crippen LogP contribution is 2.27. The van der Waals surface area contributed by atoms with E-state index in [-0.39, 0.29) is 19.1 Å². The number of hydrogen-bond acceptors (Lipinski definition) is 8. The van der Waals surface area contributed by atoms with Crippen LogP contribution in [0.15, 0.2) is 58.6 Å². The van der Waals surface area contributed by atoms with Crippen molar-refractivity contribution in [2.45, 2.75) is 25.2 Å². The number of aliphatic imine (C=N–C) groups is 1. The molecule has 3 unspecified atom stereocenters. The van der Waals surface area contributed by atoms with Crippen molar-refractivity contribution in [2.75, 3.05) is 27.2 Å². The van der Waals surface area contributed by atoms with Crippen LogP contribution in [0.1, 0.15) is 11.1 Å². The maximum absolute atomic E-state index is 13.0. The molecule has 10 nitrogen and oxygen atoms in total. The van der Waals surface area contributed by atoms with Gasteiger partial charge in [-0.15, -0.1) is 0 Å². The molecular formula is C24H27ClN6O4. The van der Waals surface area contributed by atoms with Crippen LogP contribution >= 0.6 is 11.6 Å². The molecule has 2 aromatic rings. The van der Waals surface area contributed by atoms with Gasteiger partial charge >= 0.3 is 6.03 Å². The van der Waals surface area contributed by atoms with Gasteiger partial charge < -0.3 is 19.6 Å². The first kappa shape index (κ1) is 24.5. The molecule has 2 heterocycles. The van der Waals surface area contributed by atoms with Gasteiger partial charge in [-0.2, -0.15) is 5.10 Å². The Morgan fingerprint density at radius 2 is 1.91 bits per heavy atom. The molecular weight excluding hydrogens is 472 g/mol. The molecule has 2 N–H and O–H groups in total. The van der Waals surface area contributed by atoms with Crippen molar-refractivity contribution in [3.8, 4) is 5.75 Å². The van der Waals surface area contributed by atoms with Crippen LogP contribution in [-0.2, 0) is 4.79 Å². The van der Waals surface area contributed by atoms with Crippen LogP contribution in [0, 0.1) is 6.92 Å². The number of ether oxygens (including phenoxy) is 1. The number of fused-ring (bicyclic) bond motifs is 1. The number of amides is 3. The molecule has 184 valence electrons. The number of benzene rings is 2. The Labute approximate surface area is 208 Å². The number of likely N-dealkylation sites (N-methyl/N-ethyl adjacent to an activating group) is 2. The second-order valence-corrected chi connectivity index (χ2v) is 8.84. The lowest BCUT2D eigenvalue weighted by atomic mass is 10.1. The van der Waals surface area contributed by atoms with Crippen LogP contribution in [0.25, 0.3) is 0 Å². The normalized spacial score (nSPS) is 20.8. The third kappa shape index (κ3) is 5.23. The minimum atomic E-state index is -0.943. The number of nitrogens with one attached hydrogen (secondary N) is 1. The van der Waals surface area contributed by atoms with E-state index in [4.69, 9.17) is 16.3 Å². The first-order valence-electron chi connectivity index (χ1n) is 11.1. The van der Waals surface area contributed by atoms with Crippen LogP contribution in [0.2, 0.25) is 5.02 Å². The number of rotatable bonds is 7. The van der Waals surface area contributed by atoms with Crippen LogP contribution in [0.4, 0.5) is 4.79 Å². The Kier molecular flexibility index (Phi) is 7.23. The minimum absolute atomic E-state index is 0.0128. The number of carbonyl (C=O) groups excluding carboxylic acids is 2. The molecule has 2 aliphatic rings. The predicted octanol–water partition coefficient (Wildman–Crippen LogP) is 1.90. The lowest BCUT2D eigenvalue weighted by Gasteiger charge is -2.40. The molecule has 1 fully saturated rings. The van der Waals surface area contributed by atoms with Gasteiger partial charge in [0, 0.05) is 19.1 Å². The quantitative estimate of drug-likeness (QED) is 0.445. The average molecular weight is 499 g/mol. The van der Waals surface area contributed by atoms with Gasteiger partial charge in [0.15, 0.2) is 12.2 Å². The number of aliphatic hydroxyl groups is 1. The van der Waals surface area contributed by atoms with Crippen LogP contribution in [0.3, 0.4) is 0 Å². The number of nitrogens with zero attached hydrogens (tertiary/aromatic N) is 5. The van der Waals surface area contributed by atoms with Gasteiger partial charge in [0.05, 0.1) is 12.8 Å². The zero-order valence-corrected chi connectivity index (χ0v) is 20.4. The molecule has 11 heteroatoms. The SMILES string of the molecule is Cc1ccccc1OCC(O)CN1C(N/N=C\c2ccc(Cl)cc2)=NC2C1C(=O)N(C)C(=O)N2C. The summed E-state index contributed by atoms with van der Waals surface area (Å²) in [4.78, 5) is 34.1. The lowest BCUT2D eigenvalue weighted by Crippen LogP contribution is -2.65. The Morgan fingerprint density at radius 1 is 1.20 bits per heavy atom. The molecule has 0 aliphatic carbocycles. The smallest absolute Gasteiger partial charge is 0.328 e. The van der Waals surface area contributed by atoms with E-state index in [1.54, 1.807) is 42.4 Å². The van der Waals surface area contributed by atoms with E-state index in [2.05, 4.69) is 15.5 Å². The molecule has 0 spiro atoms. The Morgan fingerprint density at radius 3 is 2.63 bits per heavy atom. The fraction of sp³-hybridized carbons (Fsp3) is 0.333.